The van der Waals surface area contributed by atoms with Crippen LogP contribution in [-0.2, 0) is 4.79 Å². The fraction of sp³-hybridized carbons (Fsp3) is 0.188. The smallest absolute Gasteiger partial charge is 0.224 e. The van der Waals surface area contributed by atoms with E-state index in [4.69, 9.17) is 16.3 Å². The lowest BCUT2D eigenvalue weighted by atomic mass is 10.2. The predicted octanol–water partition coefficient (Wildman–Crippen LogP) is 5.04. The summed E-state index contributed by atoms with van der Waals surface area (Å²) in [6.07, 6.45) is 0.885. The second-order valence-corrected chi connectivity index (χ2v) is 5.91. The van der Waals surface area contributed by atoms with Crippen molar-refractivity contribution in [2.24, 2.45) is 0 Å². The number of benzene rings is 2. The number of hydrogen-bond donors (Lipinski definition) is 1. The standard InChI is InChI=1S/C16H14BrClFNO2/c17-11-3-1-4-13(9-11)22-8-2-5-16(21)20-12-6-7-15(19)14(18)10-12/h1,3-4,6-7,9-10H,2,5,8H2,(H,20,21). The minimum Gasteiger partial charge on any atom is -0.494 e. The Hall–Kier alpha value is -1.59. The van der Waals surface area contributed by atoms with E-state index in [0.29, 0.717) is 25.1 Å². The molecule has 0 aliphatic heterocycles. The highest BCUT2D eigenvalue weighted by molar-refractivity contribution is 9.10. The van der Waals surface area contributed by atoms with Gasteiger partial charge in [0.05, 0.1) is 11.6 Å². The Morgan fingerprint density at radius 1 is 1.27 bits per heavy atom. The molecular weight excluding hydrogens is 373 g/mol. The van der Waals surface area contributed by atoms with Gasteiger partial charge in [-0.15, -0.1) is 0 Å². The molecule has 0 spiro atoms. The van der Waals surface area contributed by atoms with Crippen LogP contribution >= 0.6 is 27.5 Å². The highest BCUT2D eigenvalue weighted by atomic mass is 79.9. The van der Waals surface area contributed by atoms with Gasteiger partial charge in [-0.1, -0.05) is 33.6 Å². The molecule has 6 heteroatoms. The second-order valence-electron chi connectivity index (χ2n) is 4.59. The van der Waals surface area contributed by atoms with Crippen molar-refractivity contribution >= 4 is 39.1 Å². The van der Waals surface area contributed by atoms with Gasteiger partial charge in [0.1, 0.15) is 11.6 Å². The molecule has 22 heavy (non-hydrogen) atoms. The van der Waals surface area contributed by atoms with Gasteiger partial charge in [-0.05, 0) is 42.8 Å². The van der Waals surface area contributed by atoms with Crippen LogP contribution in [0.5, 0.6) is 5.75 Å². The van der Waals surface area contributed by atoms with E-state index in [1.165, 1.54) is 18.2 Å². The fourth-order valence-corrected chi connectivity index (χ4v) is 2.34. The van der Waals surface area contributed by atoms with Gasteiger partial charge < -0.3 is 10.1 Å². The lowest BCUT2D eigenvalue weighted by molar-refractivity contribution is -0.116. The number of amides is 1. The first kappa shape index (κ1) is 16.8. The van der Waals surface area contributed by atoms with Crippen molar-refractivity contribution in [1.29, 1.82) is 0 Å². The molecule has 1 amide bonds. The zero-order valence-corrected chi connectivity index (χ0v) is 14.0. The van der Waals surface area contributed by atoms with Crippen LogP contribution in [0.3, 0.4) is 0 Å². The third kappa shape index (κ3) is 5.31. The molecule has 0 unspecified atom stereocenters. The average molecular weight is 387 g/mol. The summed E-state index contributed by atoms with van der Waals surface area (Å²) in [6, 6.07) is 11.6. The Balaban J connectivity index is 1.72. The van der Waals surface area contributed by atoms with Crippen molar-refractivity contribution in [2.75, 3.05) is 11.9 Å². The number of anilines is 1. The summed E-state index contributed by atoms with van der Waals surface area (Å²) in [5, 5.41) is 2.65. The van der Waals surface area contributed by atoms with Crippen LogP contribution in [0.25, 0.3) is 0 Å². The number of rotatable bonds is 6. The van der Waals surface area contributed by atoms with Gasteiger partial charge >= 0.3 is 0 Å². The van der Waals surface area contributed by atoms with E-state index in [2.05, 4.69) is 21.2 Å². The van der Waals surface area contributed by atoms with Gasteiger partial charge in [0, 0.05) is 16.6 Å². The van der Waals surface area contributed by atoms with Gasteiger partial charge in [0.2, 0.25) is 5.91 Å². The van der Waals surface area contributed by atoms with Gasteiger partial charge in [-0.2, -0.15) is 0 Å². The van der Waals surface area contributed by atoms with Crippen molar-refractivity contribution in [3.05, 3.63) is 57.8 Å². The fourth-order valence-electron chi connectivity index (χ4n) is 1.78. The zero-order valence-electron chi connectivity index (χ0n) is 11.6. The highest BCUT2D eigenvalue weighted by Crippen LogP contribution is 2.20. The van der Waals surface area contributed by atoms with Crippen molar-refractivity contribution < 1.29 is 13.9 Å². The number of ether oxygens (including phenoxy) is 1. The molecule has 2 aromatic carbocycles. The summed E-state index contributed by atoms with van der Waals surface area (Å²) in [5.41, 5.74) is 0.476. The molecule has 0 aliphatic rings. The lowest BCUT2D eigenvalue weighted by Crippen LogP contribution is -2.12. The van der Waals surface area contributed by atoms with Crippen molar-refractivity contribution in [3.8, 4) is 5.75 Å². The molecule has 0 atom stereocenters. The first-order valence-electron chi connectivity index (χ1n) is 6.68. The topological polar surface area (TPSA) is 38.3 Å². The number of carbonyl (C=O) groups excluding carboxylic acids is 1. The first-order valence-corrected chi connectivity index (χ1v) is 7.85. The summed E-state index contributed by atoms with van der Waals surface area (Å²) in [7, 11) is 0. The Morgan fingerprint density at radius 2 is 2.09 bits per heavy atom. The Bertz CT molecular complexity index is 666. The molecule has 0 saturated heterocycles. The number of hydrogen-bond acceptors (Lipinski definition) is 2. The zero-order chi connectivity index (χ0) is 15.9. The molecule has 0 aliphatic carbocycles. The van der Waals surface area contributed by atoms with E-state index < -0.39 is 5.82 Å². The normalized spacial score (nSPS) is 10.3. The number of carbonyl (C=O) groups is 1. The van der Waals surface area contributed by atoms with Gasteiger partial charge in [-0.25, -0.2) is 4.39 Å². The largest absolute Gasteiger partial charge is 0.494 e. The molecular formula is C16H14BrClFNO2. The quantitative estimate of drug-likeness (QED) is 0.706. The number of halogens is 3. The minimum absolute atomic E-state index is 0.0178. The van der Waals surface area contributed by atoms with Crippen LogP contribution in [0.1, 0.15) is 12.8 Å². The van der Waals surface area contributed by atoms with E-state index in [9.17, 15) is 9.18 Å². The monoisotopic (exact) mass is 385 g/mol. The van der Waals surface area contributed by atoms with Crippen LogP contribution in [-0.4, -0.2) is 12.5 Å². The predicted molar refractivity (Wildman–Crippen MR) is 88.9 cm³/mol. The molecule has 0 radical (unpaired) electrons. The molecule has 2 rings (SSSR count). The van der Waals surface area contributed by atoms with Crippen LogP contribution in [0.2, 0.25) is 5.02 Å². The minimum atomic E-state index is -0.512. The Labute approximate surface area is 141 Å². The molecule has 2 aromatic rings. The van der Waals surface area contributed by atoms with Crippen molar-refractivity contribution in [1.82, 2.24) is 0 Å². The SMILES string of the molecule is O=C(CCCOc1cccc(Br)c1)Nc1ccc(F)c(Cl)c1. The van der Waals surface area contributed by atoms with E-state index >= 15 is 0 Å². The third-order valence-corrected chi connectivity index (χ3v) is 3.60. The second kappa shape index (κ2) is 8.15. The molecule has 0 saturated carbocycles. The van der Waals surface area contributed by atoms with Crippen molar-refractivity contribution in [2.45, 2.75) is 12.8 Å². The molecule has 3 nitrogen and oxygen atoms in total. The van der Waals surface area contributed by atoms with E-state index in [1.54, 1.807) is 0 Å². The van der Waals surface area contributed by atoms with E-state index in [1.807, 2.05) is 24.3 Å². The molecule has 0 fully saturated rings. The summed E-state index contributed by atoms with van der Waals surface area (Å²) in [5.74, 6) is 0.0719. The average Bonchev–Trinajstić information content (AvgIpc) is 2.48. The van der Waals surface area contributed by atoms with Gasteiger partial charge in [0.25, 0.3) is 0 Å². The van der Waals surface area contributed by atoms with Crippen molar-refractivity contribution in [3.63, 3.8) is 0 Å². The number of nitrogens with one attached hydrogen (secondary N) is 1. The maximum Gasteiger partial charge on any atom is 0.224 e. The van der Waals surface area contributed by atoms with Gasteiger partial charge in [0.15, 0.2) is 0 Å². The van der Waals surface area contributed by atoms with E-state index in [0.717, 1.165) is 10.2 Å². The van der Waals surface area contributed by atoms with E-state index in [-0.39, 0.29) is 10.9 Å². The van der Waals surface area contributed by atoms with Gasteiger partial charge in [-0.3, -0.25) is 4.79 Å². The highest BCUT2D eigenvalue weighted by Gasteiger charge is 2.05. The maximum atomic E-state index is 13.0. The molecule has 0 aromatic heterocycles. The third-order valence-electron chi connectivity index (χ3n) is 2.82. The molecule has 0 heterocycles. The van der Waals surface area contributed by atoms with Crippen LogP contribution in [0.4, 0.5) is 10.1 Å². The first-order chi connectivity index (χ1) is 10.5. The van der Waals surface area contributed by atoms with Crippen LogP contribution in [0, 0.1) is 5.82 Å². The molecule has 116 valence electrons. The lowest BCUT2D eigenvalue weighted by Gasteiger charge is -2.08. The Morgan fingerprint density at radius 3 is 2.82 bits per heavy atom. The molecule has 1 N–H and O–H groups in total. The Kier molecular flexibility index (Phi) is 6.21. The summed E-state index contributed by atoms with van der Waals surface area (Å²) < 4.78 is 19.5. The summed E-state index contributed by atoms with van der Waals surface area (Å²) in [4.78, 5) is 11.8. The summed E-state index contributed by atoms with van der Waals surface area (Å²) in [6.45, 7) is 0.439. The van der Waals surface area contributed by atoms with Crippen LogP contribution < -0.4 is 10.1 Å². The molecule has 0 bridgehead atoms. The summed E-state index contributed by atoms with van der Waals surface area (Å²) >= 11 is 9.02. The maximum absolute atomic E-state index is 13.0. The van der Waals surface area contributed by atoms with Crippen LogP contribution in [0.15, 0.2) is 46.9 Å².